The first-order valence-corrected chi connectivity index (χ1v) is 4.91. The Balaban J connectivity index is 2.97. The van der Waals surface area contributed by atoms with Crippen LogP contribution in [0.5, 0.6) is 11.5 Å². The lowest BCUT2D eigenvalue weighted by Crippen LogP contribution is -2.04. The van der Waals surface area contributed by atoms with Gasteiger partial charge in [0.15, 0.2) is 24.3 Å². The third-order valence-corrected chi connectivity index (χ3v) is 1.89. The van der Waals surface area contributed by atoms with Crippen LogP contribution in [0.3, 0.4) is 0 Å². The van der Waals surface area contributed by atoms with Crippen LogP contribution >= 0.6 is 0 Å². The molecular formula is C11H15NO3. The van der Waals surface area contributed by atoms with E-state index in [4.69, 9.17) is 4.74 Å². The first kappa shape index (κ1) is 11.4. The summed E-state index contributed by atoms with van der Waals surface area (Å²) >= 11 is 0. The number of hydroxylamine groups is 1. The highest BCUT2D eigenvalue weighted by Gasteiger charge is 2.03. The topological polar surface area (TPSA) is 55.5 Å². The zero-order chi connectivity index (χ0) is 11.3. The van der Waals surface area contributed by atoms with E-state index in [1.807, 2.05) is 6.92 Å². The van der Waals surface area contributed by atoms with Gasteiger partial charge in [0.25, 0.3) is 0 Å². The van der Waals surface area contributed by atoms with Crippen molar-refractivity contribution in [3.63, 3.8) is 0 Å². The predicted molar refractivity (Wildman–Crippen MR) is 58.6 cm³/mol. The molecule has 4 heteroatoms. The van der Waals surface area contributed by atoms with E-state index in [2.05, 4.69) is 0 Å². The van der Waals surface area contributed by atoms with Crippen LogP contribution < -0.4 is 4.74 Å². The van der Waals surface area contributed by atoms with E-state index in [0.717, 1.165) is 4.74 Å². The summed E-state index contributed by atoms with van der Waals surface area (Å²) in [5, 5.41) is 20.5. The average molecular weight is 209 g/mol. The maximum atomic E-state index is 11.1. The minimum Gasteiger partial charge on any atom is -0.624 e. The van der Waals surface area contributed by atoms with Gasteiger partial charge in [-0.1, -0.05) is 0 Å². The molecule has 1 rings (SSSR count). The summed E-state index contributed by atoms with van der Waals surface area (Å²) in [4.78, 5) is 0. The van der Waals surface area contributed by atoms with Gasteiger partial charge < -0.3 is 15.1 Å². The summed E-state index contributed by atoms with van der Waals surface area (Å²) in [5.41, 5.74) is 0.716. The Labute approximate surface area is 89.0 Å². The first-order valence-electron chi connectivity index (χ1n) is 4.91. The van der Waals surface area contributed by atoms with Gasteiger partial charge >= 0.3 is 0 Å². The Kier molecular flexibility index (Phi) is 3.97. The van der Waals surface area contributed by atoms with Crippen LogP contribution in [-0.2, 0) is 0 Å². The van der Waals surface area contributed by atoms with Crippen molar-refractivity contribution in [2.24, 2.45) is 0 Å². The molecule has 0 amide bonds. The molecule has 0 spiro atoms. The van der Waals surface area contributed by atoms with Crippen LogP contribution in [-0.4, -0.2) is 29.2 Å². The second-order valence-corrected chi connectivity index (χ2v) is 3.02. The van der Waals surface area contributed by atoms with Gasteiger partial charge in [0.1, 0.15) is 0 Å². The highest BCUT2D eigenvalue weighted by atomic mass is 16.5. The van der Waals surface area contributed by atoms with Gasteiger partial charge in [-0.25, -0.2) is 4.74 Å². The van der Waals surface area contributed by atoms with E-state index in [0.29, 0.717) is 24.5 Å². The summed E-state index contributed by atoms with van der Waals surface area (Å²) in [6.07, 6.45) is 1.46. The van der Waals surface area contributed by atoms with Crippen molar-refractivity contribution < 1.29 is 14.6 Å². The van der Waals surface area contributed by atoms with Crippen LogP contribution in [0, 0.1) is 5.21 Å². The van der Waals surface area contributed by atoms with Gasteiger partial charge in [0, 0.05) is 5.56 Å². The van der Waals surface area contributed by atoms with Gasteiger partial charge in [-0.3, -0.25) is 0 Å². The normalized spacial score (nSPS) is 11.5. The molecule has 0 atom stereocenters. The van der Waals surface area contributed by atoms with E-state index in [1.54, 1.807) is 19.1 Å². The lowest BCUT2D eigenvalue weighted by atomic mass is 10.2. The summed E-state index contributed by atoms with van der Waals surface area (Å²) in [6, 6.07) is 4.82. The zero-order valence-electron chi connectivity index (χ0n) is 8.93. The Morgan fingerprint density at radius 1 is 1.47 bits per heavy atom. The molecule has 1 aromatic carbocycles. The van der Waals surface area contributed by atoms with Crippen LogP contribution in [0.4, 0.5) is 0 Å². The van der Waals surface area contributed by atoms with Crippen molar-refractivity contribution in [1.82, 2.24) is 0 Å². The SMILES string of the molecule is CCOc1cc(C=[N+]([O-])CC)ccc1O. The second-order valence-electron chi connectivity index (χ2n) is 3.02. The molecule has 15 heavy (non-hydrogen) atoms. The molecule has 0 bridgehead atoms. The predicted octanol–water partition coefficient (Wildman–Crippen LogP) is 1.74. The molecule has 0 saturated carbocycles. The van der Waals surface area contributed by atoms with E-state index in [9.17, 15) is 10.3 Å². The zero-order valence-corrected chi connectivity index (χ0v) is 8.93. The fraction of sp³-hybridized carbons (Fsp3) is 0.364. The molecular weight excluding hydrogens is 194 g/mol. The number of aromatic hydroxyl groups is 1. The maximum Gasteiger partial charge on any atom is 0.181 e. The molecule has 0 radical (unpaired) electrons. The van der Waals surface area contributed by atoms with Crippen LogP contribution in [0.2, 0.25) is 0 Å². The lowest BCUT2D eigenvalue weighted by molar-refractivity contribution is -0.447. The molecule has 1 aromatic rings. The molecule has 0 unspecified atom stereocenters. The van der Waals surface area contributed by atoms with E-state index in [-0.39, 0.29) is 5.75 Å². The molecule has 4 nitrogen and oxygen atoms in total. The van der Waals surface area contributed by atoms with Gasteiger partial charge in [-0.05, 0) is 32.0 Å². The molecule has 82 valence electrons. The summed E-state index contributed by atoms with van der Waals surface area (Å²) in [5.74, 6) is 0.485. The average Bonchev–Trinajstić information content (AvgIpc) is 2.23. The van der Waals surface area contributed by atoms with Crippen molar-refractivity contribution >= 4 is 6.21 Å². The van der Waals surface area contributed by atoms with Gasteiger partial charge in [-0.15, -0.1) is 0 Å². The minimum atomic E-state index is 0.0861. The number of phenolic OH excluding ortho intramolecular Hbond substituents is 1. The lowest BCUT2D eigenvalue weighted by Gasteiger charge is -2.06. The largest absolute Gasteiger partial charge is 0.624 e. The van der Waals surface area contributed by atoms with Crippen molar-refractivity contribution in [2.75, 3.05) is 13.2 Å². The number of rotatable bonds is 4. The number of phenols is 1. The van der Waals surface area contributed by atoms with Crippen molar-refractivity contribution in [3.05, 3.63) is 29.0 Å². The summed E-state index contributed by atoms with van der Waals surface area (Å²) < 4.78 is 6.02. The molecule has 0 heterocycles. The molecule has 0 saturated heterocycles. The summed E-state index contributed by atoms with van der Waals surface area (Å²) in [6.45, 7) is 4.48. The quantitative estimate of drug-likeness (QED) is 0.355. The van der Waals surface area contributed by atoms with Crippen LogP contribution in [0.15, 0.2) is 18.2 Å². The molecule has 1 N–H and O–H groups in total. The highest BCUT2D eigenvalue weighted by molar-refractivity contribution is 5.77. The maximum absolute atomic E-state index is 11.1. The fourth-order valence-corrected chi connectivity index (χ4v) is 1.14. The third-order valence-electron chi connectivity index (χ3n) is 1.89. The van der Waals surface area contributed by atoms with Crippen molar-refractivity contribution in [1.29, 1.82) is 0 Å². The number of benzene rings is 1. The Hall–Kier alpha value is -1.71. The highest BCUT2D eigenvalue weighted by Crippen LogP contribution is 2.25. The number of nitrogens with zero attached hydrogens (tertiary/aromatic N) is 1. The third kappa shape index (κ3) is 3.16. The molecule has 0 aliphatic rings. The molecule has 0 aromatic heterocycles. The standard InChI is InChI=1S/C11H15NO3/c1-3-12(14)8-9-5-6-10(13)11(7-9)15-4-2/h5-8,13H,3-4H2,1-2H3. The van der Waals surface area contributed by atoms with Crippen molar-refractivity contribution in [3.8, 4) is 11.5 Å². The minimum absolute atomic E-state index is 0.0861. The fourth-order valence-electron chi connectivity index (χ4n) is 1.14. The van der Waals surface area contributed by atoms with E-state index in [1.165, 1.54) is 12.3 Å². The Bertz CT molecular complexity index is 361. The molecule has 0 aliphatic carbocycles. The van der Waals surface area contributed by atoms with Gasteiger partial charge in [-0.2, -0.15) is 0 Å². The van der Waals surface area contributed by atoms with Crippen molar-refractivity contribution in [2.45, 2.75) is 13.8 Å². The summed E-state index contributed by atoms with van der Waals surface area (Å²) in [7, 11) is 0. The number of hydrogen-bond donors (Lipinski definition) is 1. The van der Waals surface area contributed by atoms with Crippen LogP contribution in [0.25, 0.3) is 0 Å². The van der Waals surface area contributed by atoms with Gasteiger partial charge in [0.05, 0.1) is 6.61 Å². The second kappa shape index (κ2) is 5.24. The van der Waals surface area contributed by atoms with E-state index < -0.39 is 0 Å². The molecule has 0 aliphatic heterocycles. The molecule has 0 fully saturated rings. The monoisotopic (exact) mass is 209 g/mol. The van der Waals surface area contributed by atoms with Gasteiger partial charge in [0.2, 0.25) is 0 Å². The van der Waals surface area contributed by atoms with E-state index >= 15 is 0 Å². The number of hydrogen-bond acceptors (Lipinski definition) is 3. The smallest absolute Gasteiger partial charge is 0.181 e. The Morgan fingerprint density at radius 3 is 2.80 bits per heavy atom. The number of ether oxygens (including phenoxy) is 1. The Morgan fingerprint density at radius 2 is 2.20 bits per heavy atom. The first-order chi connectivity index (χ1) is 7.17. The van der Waals surface area contributed by atoms with Crippen LogP contribution in [0.1, 0.15) is 19.4 Å².